The van der Waals surface area contributed by atoms with Crippen LogP contribution in [0.3, 0.4) is 0 Å². The van der Waals surface area contributed by atoms with Crippen molar-refractivity contribution in [3.63, 3.8) is 0 Å². The molecule has 4 rings (SSSR count). The number of aromatic nitrogens is 2. The van der Waals surface area contributed by atoms with Gasteiger partial charge in [-0.05, 0) is 42.0 Å². The molecule has 0 aliphatic heterocycles. The first-order chi connectivity index (χ1) is 16.0. The standard InChI is InChI=1S/C27H31FN2O3/c1-2-9-24-25(17-28)30(21-12-7-4-8-13-21)27(33)29(24)18-19-14-15-22(23(16-19)26(31)32)20-10-5-3-6-11-20/h3,5-6,10-11,14-16,21H,2,4,7-9,12-13,17-18H2,1H3,(H,31,32). The van der Waals surface area contributed by atoms with Crippen LogP contribution in [0.5, 0.6) is 0 Å². The van der Waals surface area contributed by atoms with Crippen LogP contribution < -0.4 is 5.69 Å². The molecule has 1 aliphatic rings. The number of hydrogen-bond donors (Lipinski definition) is 1. The van der Waals surface area contributed by atoms with E-state index in [0.29, 0.717) is 17.7 Å². The van der Waals surface area contributed by atoms with E-state index in [1.807, 2.05) is 43.3 Å². The Kier molecular flexibility index (Phi) is 7.11. The Morgan fingerprint density at radius 1 is 1.06 bits per heavy atom. The van der Waals surface area contributed by atoms with E-state index < -0.39 is 12.6 Å². The van der Waals surface area contributed by atoms with E-state index in [0.717, 1.165) is 55.3 Å². The first-order valence-corrected chi connectivity index (χ1v) is 11.9. The highest BCUT2D eigenvalue weighted by molar-refractivity contribution is 5.96. The van der Waals surface area contributed by atoms with Crippen molar-refractivity contribution < 1.29 is 14.3 Å². The maximum Gasteiger partial charge on any atom is 0.336 e. The van der Waals surface area contributed by atoms with Gasteiger partial charge < -0.3 is 5.11 Å². The summed E-state index contributed by atoms with van der Waals surface area (Å²) in [4.78, 5) is 25.5. The van der Waals surface area contributed by atoms with Crippen LogP contribution in [-0.4, -0.2) is 20.2 Å². The molecule has 0 radical (unpaired) electrons. The minimum Gasteiger partial charge on any atom is -0.478 e. The topological polar surface area (TPSA) is 64.2 Å². The van der Waals surface area contributed by atoms with Crippen molar-refractivity contribution in [2.75, 3.05) is 0 Å². The van der Waals surface area contributed by atoms with Crippen LogP contribution in [0.4, 0.5) is 4.39 Å². The molecule has 1 fully saturated rings. The van der Waals surface area contributed by atoms with Gasteiger partial charge in [0, 0.05) is 11.7 Å². The third-order valence-corrected chi connectivity index (χ3v) is 6.68. The second-order valence-electron chi connectivity index (χ2n) is 8.86. The predicted molar refractivity (Wildman–Crippen MR) is 128 cm³/mol. The van der Waals surface area contributed by atoms with E-state index in [2.05, 4.69) is 0 Å². The summed E-state index contributed by atoms with van der Waals surface area (Å²) in [7, 11) is 0. The average molecular weight is 451 g/mol. The fraction of sp³-hybridized carbons (Fsp3) is 0.407. The molecule has 0 saturated heterocycles. The highest BCUT2D eigenvalue weighted by Gasteiger charge is 2.26. The summed E-state index contributed by atoms with van der Waals surface area (Å²) >= 11 is 0. The zero-order valence-electron chi connectivity index (χ0n) is 19.1. The Labute approximate surface area is 193 Å². The summed E-state index contributed by atoms with van der Waals surface area (Å²) in [5.74, 6) is -1.01. The van der Waals surface area contributed by atoms with Crippen LogP contribution in [0.2, 0.25) is 0 Å². The van der Waals surface area contributed by atoms with Crippen molar-refractivity contribution in [3.05, 3.63) is 81.5 Å². The van der Waals surface area contributed by atoms with Gasteiger partial charge >= 0.3 is 11.7 Å². The fourth-order valence-corrected chi connectivity index (χ4v) is 5.11. The van der Waals surface area contributed by atoms with E-state index in [1.54, 1.807) is 21.3 Å². The lowest BCUT2D eigenvalue weighted by Gasteiger charge is -2.23. The van der Waals surface area contributed by atoms with E-state index in [9.17, 15) is 19.1 Å². The van der Waals surface area contributed by atoms with E-state index in [4.69, 9.17) is 0 Å². The maximum atomic E-state index is 14.2. The van der Waals surface area contributed by atoms with Crippen molar-refractivity contribution in [3.8, 4) is 11.1 Å². The quantitative estimate of drug-likeness (QED) is 0.458. The Morgan fingerprint density at radius 3 is 2.42 bits per heavy atom. The number of benzene rings is 2. The number of carboxylic acids is 1. The molecule has 0 spiro atoms. The number of carbonyl (C=O) groups is 1. The van der Waals surface area contributed by atoms with Crippen LogP contribution in [-0.2, 0) is 19.6 Å². The number of alkyl halides is 1. The summed E-state index contributed by atoms with van der Waals surface area (Å²) in [5.41, 5.74) is 3.43. The van der Waals surface area contributed by atoms with Crippen molar-refractivity contribution in [1.82, 2.24) is 9.13 Å². The zero-order valence-corrected chi connectivity index (χ0v) is 19.1. The Balaban J connectivity index is 1.77. The van der Waals surface area contributed by atoms with Gasteiger partial charge in [0.05, 0.1) is 17.8 Å². The number of carboxylic acid groups (broad SMARTS) is 1. The number of aromatic carboxylic acids is 1. The molecule has 5 nitrogen and oxygen atoms in total. The Hall–Kier alpha value is -3.15. The number of halogens is 1. The fourth-order valence-electron chi connectivity index (χ4n) is 5.11. The van der Waals surface area contributed by atoms with Crippen molar-refractivity contribution in [1.29, 1.82) is 0 Å². The minimum absolute atomic E-state index is 0.0453. The number of hydrogen-bond acceptors (Lipinski definition) is 2. The molecule has 1 aliphatic carbocycles. The molecule has 2 aromatic carbocycles. The van der Waals surface area contributed by atoms with Crippen molar-refractivity contribution in [2.24, 2.45) is 0 Å². The molecule has 1 heterocycles. The number of nitrogens with zero attached hydrogens (tertiary/aromatic N) is 2. The predicted octanol–water partition coefficient (Wildman–Crippen LogP) is 5.99. The minimum atomic E-state index is -1.01. The van der Waals surface area contributed by atoms with Crippen LogP contribution in [0.15, 0.2) is 53.3 Å². The van der Waals surface area contributed by atoms with Gasteiger partial charge in [-0.15, -0.1) is 0 Å². The summed E-state index contributed by atoms with van der Waals surface area (Å²) in [6, 6.07) is 14.7. The SMILES string of the molecule is CCCc1c(CF)n(C2CCCCC2)c(=O)n1Cc1ccc(-c2ccccc2)c(C(=O)O)c1. The van der Waals surface area contributed by atoms with Crippen LogP contribution >= 0.6 is 0 Å². The Bertz CT molecular complexity index is 1170. The molecule has 0 bridgehead atoms. The van der Waals surface area contributed by atoms with Gasteiger partial charge in [0.2, 0.25) is 0 Å². The van der Waals surface area contributed by atoms with E-state index in [-0.39, 0.29) is 23.8 Å². The average Bonchev–Trinajstić information content (AvgIpc) is 3.10. The molecular weight excluding hydrogens is 419 g/mol. The van der Waals surface area contributed by atoms with Crippen molar-refractivity contribution >= 4 is 5.97 Å². The maximum absolute atomic E-state index is 14.2. The lowest BCUT2D eigenvalue weighted by Crippen LogP contribution is -2.30. The summed E-state index contributed by atoms with van der Waals surface area (Å²) in [5, 5.41) is 9.85. The molecular formula is C27H31FN2O3. The summed E-state index contributed by atoms with van der Waals surface area (Å²) in [6.07, 6.45) is 6.48. The first kappa shape index (κ1) is 23.0. The molecule has 174 valence electrons. The van der Waals surface area contributed by atoms with Crippen LogP contribution in [0.1, 0.15) is 78.8 Å². The smallest absolute Gasteiger partial charge is 0.336 e. The number of imidazole rings is 1. The lowest BCUT2D eigenvalue weighted by atomic mass is 9.95. The molecule has 0 atom stereocenters. The van der Waals surface area contributed by atoms with E-state index in [1.165, 1.54) is 0 Å². The monoisotopic (exact) mass is 450 g/mol. The normalized spacial score (nSPS) is 14.5. The third-order valence-electron chi connectivity index (χ3n) is 6.68. The van der Waals surface area contributed by atoms with Gasteiger partial charge in [0.25, 0.3) is 0 Å². The molecule has 1 aromatic heterocycles. The lowest BCUT2D eigenvalue weighted by molar-refractivity contribution is 0.0697. The van der Waals surface area contributed by atoms with Gasteiger partial charge in [-0.1, -0.05) is 75.1 Å². The Morgan fingerprint density at radius 2 is 1.79 bits per heavy atom. The summed E-state index contributed by atoms with van der Waals surface area (Å²) in [6.45, 7) is 1.59. The number of rotatable bonds is 8. The molecule has 0 amide bonds. The molecule has 3 aromatic rings. The highest BCUT2D eigenvalue weighted by atomic mass is 19.1. The second-order valence-corrected chi connectivity index (χ2v) is 8.86. The molecule has 33 heavy (non-hydrogen) atoms. The zero-order chi connectivity index (χ0) is 23.4. The molecule has 1 saturated carbocycles. The molecule has 6 heteroatoms. The molecule has 0 unspecified atom stereocenters. The largest absolute Gasteiger partial charge is 0.478 e. The highest BCUT2D eigenvalue weighted by Crippen LogP contribution is 2.30. The van der Waals surface area contributed by atoms with E-state index >= 15 is 0 Å². The molecule has 1 N–H and O–H groups in total. The van der Waals surface area contributed by atoms with Crippen molar-refractivity contribution in [2.45, 2.75) is 71.1 Å². The van der Waals surface area contributed by atoms with Gasteiger partial charge in [-0.2, -0.15) is 0 Å². The van der Waals surface area contributed by atoms with Gasteiger partial charge in [-0.3, -0.25) is 9.13 Å². The second kappa shape index (κ2) is 10.2. The van der Waals surface area contributed by atoms with Gasteiger partial charge in [-0.25, -0.2) is 14.0 Å². The first-order valence-electron chi connectivity index (χ1n) is 11.9. The summed E-state index contributed by atoms with van der Waals surface area (Å²) < 4.78 is 17.6. The van der Waals surface area contributed by atoms with Crippen LogP contribution in [0, 0.1) is 0 Å². The van der Waals surface area contributed by atoms with Gasteiger partial charge in [0.1, 0.15) is 6.67 Å². The van der Waals surface area contributed by atoms with Crippen LogP contribution in [0.25, 0.3) is 11.1 Å². The van der Waals surface area contributed by atoms with Gasteiger partial charge in [0.15, 0.2) is 0 Å². The third kappa shape index (κ3) is 4.65.